The molecule has 0 saturated heterocycles. The van der Waals surface area contributed by atoms with E-state index in [4.69, 9.17) is 11.5 Å². The molecule has 4 N–H and O–H groups in total. The van der Waals surface area contributed by atoms with Crippen LogP contribution in [0.25, 0.3) is 0 Å². The Morgan fingerprint density at radius 1 is 1.77 bits per heavy atom. The molecule has 0 spiro atoms. The predicted octanol–water partition coefficient (Wildman–Crippen LogP) is -0.549. The molecule has 74 valence electrons. The van der Waals surface area contributed by atoms with Crippen LogP contribution < -0.4 is 11.5 Å². The second-order valence-electron chi connectivity index (χ2n) is 3.57. The second-order valence-corrected chi connectivity index (χ2v) is 3.57. The molecule has 1 heterocycles. The van der Waals surface area contributed by atoms with E-state index in [1.807, 2.05) is 0 Å². The maximum absolute atomic E-state index is 10.7. The molecule has 0 bridgehead atoms. The van der Waals surface area contributed by atoms with Crippen molar-refractivity contribution in [2.45, 2.75) is 19.4 Å². The van der Waals surface area contributed by atoms with Crippen molar-refractivity contribution in [3.8, 4) is 0 Å². The van der Waals surface area contributed by atoms with Crippen LogP contribution in [0.15, 0.2) is 11.6 Å². The highest BCUT2D eigenvalue weighted by atomic mass is 16.1. The van der Waals surface area contributed by atoms with Gasteiger partial charge in [0.25, 0.3) is 0 Å². The molecule has 13 heavy (non-hydrogen) atoms. The van der Waals surface area contributed by atoms with Crippen LogP contribution >= 0.6 is 0 Å². The van der Waals surface area contributed by atoms with Crippen molar-refractivity contribution in [3.05, 3.63) is 11.6 Å². The summed E-state index contributed by atoms with van der Waals surface area (Å²) in [7, 11) is 0. The lowest BCUT2D eigenvalue weighted by Crippen LogP contribution is -2.46. The van der Waals surface area contributed by atoms with Crippen LogP contribution in [-0.4, -0.2) is 36.5 Å². The van der Waals surface area contributed by atoms with Crippen LogP contribution in [-0.2, 0) is 4.79 Å². The summed E-state index contributed by atoms with van der Waals surface area (Å²) in [6.45, 7) is 4.54. The van der Waals surface area contributed by atoms with Crippen LogP contribution in [0, 0.1) is 0 Å². The fourth-order valence-corrected chi connectivity index (χ4v) is 1.35. The van der Waals surface area contributed by atoms with Gasteiger partial charge in [-0.1, -0.05) is 11.6 Å². The van der Waals surface area contributed by atoms with Crippen molar-refractivity contribution in [3.63, 3.8) is 0 Å². The van der Waals surface area contributed by atoms with E-state index >= 15 is 0 Å². The van der Waals surface area contributed by atoms with Crippen molar-refractivity contribution in [1.82, 2.24) is 4.90 Å². The summed E-state index contributed by atoms with van der Waals surface area (Å²) in [5.41, 5.74) is 12.0. The highest BCUT2D eigenvalue weighted by Crippen LogP contribution is 2.08. The Balaban J connectivity index is 2.35. The number of hydrogen-bond acceptors (Lipinski definition) is 3. The fourth-order valence-electron chi connectivity index (χ4n) is 1.35. The van der Waals surface area contributed by atoms with E-state index in [2.05, 4.69) is 17.9 Å². The van der Waals surface area contributed by atoms with Crippen molar-refractivity contribution < 1.29 is 4.79 Å². The lowest BCUT2D eigenvalue weighted by molar-refractivity contribution is -0.119. The Morgan fingerprint density at radius 2 is 2.46 bits per heavy atom. The minimum absolute atomic E-state index is 0.425. The van der Waals surface area contributed by atoms with Crippen LogP contribution in [0.4, 0.5) is 0 Å². The van der Waals surface area contributed by atoms with Gasteiger partial charge in [0.05, 0.1) is 6.04 Å². The van der Waals surface area contributed by atoms with Gasteiger partial charge in [-0.05, 0) is 13.3 Å². The second kappa shape index (κ2) is 4.39. The Labute approximate surface area is 78.6 Å². The average molecular weight is 183 g/mol. The third kappa shape index (κ3) is 3.16. The number of carbonyl (C=O) groups excluding carboxylic acids is 1. The van der Waals surface area contributed by atoms with E-state index in [9.17, 15) is 4.79 Å². The smallest absolute Gasteiger partial charge is 0.235 e. The first-order valence-electron chi connectivity index (χ1n) is 4.52. The summed E-state index contributed by atoms with van der Waals surface area (Å²) in [6.07, 6.45) is 3.22. The number of nitrogens with two attached hydrogens (primary N) is 2. The van der Waals surface area contributed by atoms with Gasteiger partial charge in [0.2, 0.25) is 5.91 Å². The molecule has 0 aromatic heterocycles. The monoisotopic (exact) mass is 183 g/mol. The molecular weight excluding hydrogens is 166 g/mol. The molecule has 1 atom stereocenters. The number of primary amides is 1. The van der Waals surface area contributed by atoms with Gasteiger partial charge in [-0.25, -0.2) is 0 Å². The Morgan fingerprint density at radius 3 is 2.92 bits per heavy atom. The average Bonchev–Trinajstić information content (AvgIpc) is 2.08. The summed E-state index contributed by atoms with van der Waals surface area (Å²) in [6, 6.07) is -0.535. The summed E-state index contributed by atoms with van der Waals surface area (Å²) < 4.78 is 0. The summed E-state index contributed by atoms with van der Waals surface area (Å²) in [4.78, 5) is 12.8. The van der Waals surface area contributed by atoms with Crippen LogP contribution in [0.5, 0.6) is 0 Å². The quantitative estimate of drug-likeness (QED) is 0.577. The molecule has 0 aromatic rings. The highest BCUT2D eigenvalue weighted by molar-refractivity contribution is 5.79. The maximum atomic E-state index is 10.7. The normalized spacial score (nSPS) is 20.9. The maximum Gasteiger partial charge on any atom is 0.235 e. The first kappa shape index (κ1) is 10.2. The standard InChI is InChI=1S/C9H17N3O/c1-7-2-4-12(5-3-7)6-8(10)9(11)13/h2,8H,3-6,10H2,1H3,(H2,11,13). The summed E-state index contributed by atoms with van der Waals surface area (Å²) in [5, 5.41) is 0. The highest BCUT2D eigenvalue weighted by Gasteiger charge is 2.15. The SMILES string of the molecule is CC1=CCN(CC(N)C(N)=O)CC1. The van der Waals surface area contributed by atoms with Gasteiger partial charge < -0.3 is 11.5 Å². The van der Waals surface area contributed by atoms with Gasteiger partial charge in [-0.2, -0.15) is 0 Å². The molecule has 1 rings (SSSR count). The molecule has 0 aliphatic carbocycles. The number of nitrogens with zero attached hydrogens (tertiary/aromatic N) is 1. The molecule has 4 nitrogen and oxygen atoms in total. The molecule has 1 aliphatic heterocycles. The molecule has 0 aromatic carbocycles. The third-order valence-corrected chi connectivity index (χ3v) is 2.34. The molecule has 4 heteroatoms. The van der Waals surface area contributed by atoms with Gasteiger partial charge >= 0.3 is 0 Å². The molecule has 0 radical (unpaired) electrons. The fraction of sp³-hybridized carbons (Fsp3) is 0.667. The Bertz CT molecular complexity index is 225. The minimum Gasteiger partial charge on any atom is -0.368 e. The number of rotatable bonds is 3. The van der Waals surface area contributed by atoms with E-state index in [-0.39, 0.29) is 0 Å². The van der Waals surface area contributed by atoms with E-state index < -0.39 is 11.9 Å². The largest absolute Gasteiger partial charge is 0.368 e. The molecule has 0 fully saturated rings. The van der Waals surface area contributed by atoms with Crippen molar-refractivity contribution in [1.29, 1.82) is 0 Å². The van der Waals surface area contributed by atoms with Crippen molar-refractivity contribution in [2.75, 3.05) is 19.6 Å². The first-order chi connectivity index (χ1) is 6.09. The van der Waals surface area contributed by atoms with Crippen molar-refractivity contribution in [2.24, 2.45) is 11.5 Å². The van der Waals surface area contributed by atoms with Crippen LogP contribution in [0.3, 0.4) is 0 Å². The minimum atomic E-state index is -0.535. The van der Waals surface area contributed by atoms with Gasteiger partial charge in [0.15, 0.2) is 0 Å². The van der Waals surface area contributed by atoms with Gasteiger partial charge in [-0.15, -0.1) is 0 Å². The van der Waals surface area contributed by atoms with Gasteiger partial charge in [-0.3, -0.25) is 9.69 Å². The number of hydrogen-bond donors (Lipinski definition) is 2. The topological polar surface area (TPSA) is 72.3 Å². The van der Waals surface area contributed by atoms with Crippen molar-refractivity contribution >= 4 is 5.91 Å². The first-order valence-corrected chi connectivity index (χ1v) is 4.52. The number of amides is 1. The molecule has 1 amide bonds. The molecule has 1 unspecified atom stereocenters. The molecule has 1 aliphatic rings. The zero-order valence-electron chi connectivity index (χ0n) is 7.99. The Kier molecular flexibility index (Phi) is 3.45. The van der Waals surface area contributed by atoms with E-state index in [1.165, 1.54) is 5.57 Å². The number of carbonyl (C=O) groups is 1. The van der Waals surface area contributed by atoms with E-state index in [1.54, 1.807) is 0 Å². The molecule has 0 saturated carbocycles. The zero-order valence-corrected chi connectivity index (χ0v) is 7.99. The van der Waals surface area contributed by atoms with Gasteiger partial charge in [0.1, 0.15) is 0 Å². The third-order valence-electron chi connectivity index (χ3n) is 2.34. The molecular formula is C9H17N3O. The van der Waals surface area contributed by atoms with E-state index in [0.717, 1.165) is 19.5 Å². The predicted molar refractivity (Wildman–Crippen MR) is 52.0 cm³/mol. The summed E-state index contributed by atoms with van der Waals surface area (Å²) >= 11 is 0. The Hall–Kier alpha value is -0.870. The zero-order chi connectivity index (χ0) is 9.84. The lowest BCUT2D eigenvalue weighted by atomic mass is 10.1. The van der Waals surface area contributed by atoms with Crippen LogP contribution in [0.2, 0.25) is 0 Å². The van der Waals surface area contributed by atoms with E-state index in [0.29, 0.717) is 6.54 Å². The lowest BCUT2D eigenvalue weighted by Gasteiger charge is -2.26. The van der Waals surface area contributed by atoms with Gasteiger partial charge in [0, 0.05) is 19.6 Å². The van der Waals surface area contributed by atoms with Crippen LogP contribution in [0.1, 0.15) is 13.3 Å². The summed E-state index contributed by atoms with van der Waals surface area (Å²) in [5.74, 6) is -0.425.